The van der Waals surface area contributed by atoms with Crippen molar-refractivity contribution in [3.8, 4) is 11.1 Å². The number of aliphatic carboxylic acids is 1. The van der Waals surface area contributed by atoms with Crippen LogP contribution >= 0.6 is 0 Å². The molecular formula is C26H28N2O5. The van der Waals surface area contributed by atoms with Crippen LogP contribution in [0.4, 0.5) is 4.79 Å². The first-order valence-electron chi connectivity index (χ1n) is 11.6. The number of alkyl carbamates (subject to hydrolysis) is 1. The molecule has 2 atom stereocenters. The summed E-state index contributed by atoms with van der Waals surface area (Å²) in [5.74, 6) is -1.02. The largest absolute Gasteiger partial charge is 0.481 e. The smallest absolute Gasteiger partial charge is 0.407 e. The third kappa shape index (κ3) is 4.32. The highest BCUT2D eigenvalue weighted by Crippen LogP contribution is 2.44. The summed E-state index contributed by atoms with van der Waals surface area (Å²) < 4.78 is 5.64. The van der Waals surface area contributed by atoms with E-state index in [1.165, 1.54) is 22.3 Å². The number of nitrogens with zero attached hydrogens (tertiary/aromatic N) is 1. The normalized spacial score (nSPS) is 21.8. The lowest BCUT2D eigenvalue weighted by Crippen LogP contribution is -2.53. The van der Waals surface area contributed by atoms with Gasteiger partial charge in [-0.25, -0.2) is 4.79 Å². The van der Waals surface area contributed by atoms with E-state index in [-0.39, 0.29) is 30.4 Å². The van der Waals surface area contributed by atoms with Crippen molar-refractivity contribution in [1.82, 2.24) is 10.2 Å². The number of likely N-dealkylation sites (tertiary alicyclic amines) is 1. The van der Waals surface area contributed by atoms with Crippen LogP contribution in [0.15, 0.2) is 48.5 Å². The van der Waals surface area contributed by atoms with Gasteiger partial charge in [0.15, 0.2) is 0 Å². The molecule has 0 unspecified atom stereocenters. The van der Waals surface area contributed by atoms with Crippen molar-refractivity contribution in [2.24, 2.45) is 11.8 Å². The van der Waals surface area contributed by atoms with Gasteiger partial charge in [-0.1, -0.05) is 48.5 Å². The van der Waals surface area contributed by atoms with Gasteiger partial charge in [-0.2, -0.15) is 0 Å². The number of hydrogen-bond acceptors (Lipinski definition) is 4. The van der Waals surface area contributed by atoms with Crippen LogP contribution in [0.2, 0.25) is 0 Å². The fraction of sp³-hybridized carbons (Fsp3) is 0.423. The van der Waals surface area contributed by atoms with E-state index < -0.39 is 18.0 Å². The number of hydrogen-bond donors (Lipinski definition) is 2. The van der Waals surface area contributed by atoms with Crippen LogP contribution in [0.3, 0.4) is 0 Å². The highest BCUT2D eigenvalue weighted by molar-refractivity contribution is 5.81. The van der Waals surface area contributed by atoms with E-state index in [9.17, 15) is 14.4 Å². The van der Waals surface area contributed by atoms with Crippen LogP contribution in [0, 0.1) is 11.8 Å². The summed E-state index contributed by atoms with van der Waals surface area (Å²) >= 11 is 0. The van der Waals surface area contributed by atoms with Gasteiger partial charge < -0.3 is 20.1 Å². The molecule has 172 valence electrons. The first-order chi connectivity index (χ1) is 16.0. The zero-order valence-electron chi connectivity index (χ0n) is 18.4. The van der Waals surface area contributed by atoms with Crippen molar-refractivity contribution in [3.05, 3.63) is 59.7 Å². The monoisotopic (exact) mass is 448 g/mol. The number of carbonyl (C=O) groups excluding carboxylic acids is 2. The Morgan fingerprint density at radius 3 is 2.24 bits per heavy atom. The second kappa shape index (κ2) is 8.89. The molecule has 1 aliphatic heterocycles. The molecule has 0 aromatic heterocycles. The van der Waals surface area contributed by atoms with E-state index >= 15 is 0 Å². The van der Waals surface area contributed by atoms with Crippen LogP contribution in [-0.2, 0) is 14.3 Å². The molecule has 7 heteroatoms. The SMILES string of the molecule is O=C(N[C@H]1CC[C@@H](CC(=O)N2CC(C(=O)O)C2)C1)OCC1c2ccccc2-c2ccccc21. The average molecular weight is 449 g/mol. The van der Waals surface area contributed by atoms with E-state index in [4.69, 9.17) is 9.84 Å². The van der Waals surface area contributed by atoms with Gasteiger partial charge in [-0.15, -0.1) is 0 Å². The highest BCUT2D eigenvalue weighted by Gasteiger charge is 2.37. The lowest BCUT2D eigenvalue weighted by molar-refractivity contribution is -0.153. The first kappa shape index (κ1) is 21.5. The average Bonchev–Trinajstić information content (AvgIpc) is 3.33. The zero-order valence-corrected chi connectivity index (χ0v) is 18.4. The number of amides is 2. The minimum absolute atomic E-state index is 0.00149. The molecule has 33 heavy (non-hydrogen) atoms. The van der Waals surface area contributed by atoms with Crippen molar-refractivity contribution in [3.63, 3.8) is 0 Å². The Hall–Kier alpha value is -3.35. The number of nitrogens with one attached hydrogen (secondary N) is 1. The lowest BCUT2D eigenvalue weighted by atomic mass is 9.97. The second-order valence-electron chi connectivity index (χ2n) is 9.38. The van der Waals surface area contributed by atoms with Gasteiger partial charge in [-0.3, -0.25) is 9.59 Å². The van der Waals surface area contributed by atoms with E-state index in [2.05, 4.69) is 29.6 Å². The van der Waals surface area contributed by atoms with Crippen molar-refractivity contribution < 1.29 is 24.2 Å². The molecule has 0 spiro atoms. The molecule has 2 fully saturated rings. The summed E-state index contributed by atoms with van der Waals surface area (Å²) in [5, 5.41) is 11.9. The Morgan fingerprint density at radius 1 is 0.970 bits per heavy atom. The van der Waals surface area contributed by atoms with Crippen LogP contribution in [0.25, 0.3) is 11.1 Å². The fourth-order valence-electron chi connectivity index (χ4n) is 5.41. The van der Waals surface area contributed by atoms with Crippen LogP contribution in [-0.4, -0.2) is 53.7 Å². The molecule has 1 saturated heterocycles. The molecule has 0 bridgehead atoms. The lowest BCUT2D eigenvalue weighted by Gasteiger charge is -2.37. The van der Waals surface area contributed by atoms with Crippen molar-refractivity contribution in [2.45, 2.75) is 37.6 Å². The summed E-state index contributed by atoms with van der Waals surface area (Å²) in [6.07, 6.45) is 2.43. The number of fused-ring (bicyclic) bond motifs is 3. The molecule has 1 heterocycles. The Morgan fingerprint density at radius 2 is 1.61 bits per heavy atom. The molecule has 2 aliphatic carbocycles. The van der Waals surface area contributed by atoms with Crippen molar-refractivity contribution in [2.75, 3.05) is 19.7 Å². The molecule has 7 nitrogen and oxygen atoms in total. The van der Waals surface area contributed by atoms with E-state index in [1.807, 2.05) is 24.3 Å². The zero-order chi connectivity index (χ0) is 22.9. The first-order valence-corrected chi connectivity index (χ1v) is 11.6. The molecule has 2 aromatic carbocycles. The summed E-state index contributed by atoms with van der Waals surface area (Å²) in [7, 11) is 0. The molecule has 2 N–H and O–H groups in total. The molecular weight excluding hydrogens is 420 g/mol. The Balaban J connectivity index is 1.10. The molecule has 1 saturated carbocycles. The minimum Gasteiger partial charge on any atom is -0.481 e. The predicted molar refractivity (Wildman–Crippen MR) is 122 cm³/mol. The summed E-state index contributed by atoms with van der Waals surface area (Å²) in [6, 6.07) is 16.5. The van der Waals surface area contributed by atoms with Gasteiger partial charge in [0, 0.05) is 31.5 Å². The van der Waals surface area contributed by atoms with Gasteiger partial charge in [-0.05, 0) is 47.4 Å². The number of carboxylic acid groups (broad SMARTS) is 1. The van der Waals surface area contributed by atoms with Crippen molar-refractivity contribution >= 4 is 18.0 Å². The topological polar surface area (TPSA) is 95.9 Å². The van der Waals surface area contributed by atoms with Gasteiger partial charge in [0.05, 0.1) is 5.92 Å². The van der Waals surface area contributed by atoms with Gasteiger partial charge in [0.25, 0.3) is 0 Å². The number of rotatable bonds is 6. The minimum atomic E-state index is -0.840. The van der Waals surface area contributed by atoms with Crippen LogP contribution < -0.4 is 5.32 Å². The maximum absolute atomic E-state index is 12.5. The Kier molecular flexibility index (Phi) is 5.79. The predicted octanol–water partition coefficient (Wildman–Crippen LogP) is 3.63. The highest BCUT2D eigenvalue weighted by atomic mass is 16.5. The third-order valence-corrected chi connectivity index (χ3v) is 7.25. The molecule has 2 aromatic rings. The van der Waals surface area contributed by atoms with E-state index in [0.717, 1.165) is 19.3 Å². The standard InChI is InChI=1S/C26H28N2O5/c29-24(28-13-17(14-28)25(30)31)12-16-9-10-18(11-16)27-26(32)33-15-23-21-7-3-1-5-19(21)20-6-2-4-8-22(20)23/h1-8,16-18,23H,9-15H2,(H,27,32)(H,30,31)/t16-,18+/m1/s1. The quantitative estimate of drug-likeness (QED) is 0.704. The van der Waals surface area contributed by atoms with Crippen molar-refractivity contribution in [1.29, 1.82) is 0 Å². The number of carboxylic acids is 1. The van der Waals surface area contributed by atoms with Crippen LogP contribution in [0.1, 0.15) is 42.7 Å². The maximum Gasteiger partial charge on any atom is 0.407 e. The van der Waals surface area contributed by atoms with E-state index in [0.29, 0.717) is 19.5 Å². The second-order valence-corrected chi connectivity index (χ2v) is 9.38. The number of ether oxygens (including phenoxy) is 1. The summed E-state index contributed by atoms with van der Waals surface area (Å²) in [5.41, 5.74) is 4.76. The van der Waals surface area contributed by atoms with E-state index in [1.54, 1.807) is 4.90 Å². The van der Waals surface area contributed by atoms with Gasteiger partial charge in [0.2, 0.25) is 5.91 Å². The van der Waals surface area contributed by atoms with Crippen LogP contribution in [0.5, 0.6) is 0 Å². The summed E-state index contributed by atoms with van der Waals surface area (Å²) in [4.78, 5) is 37.4. The summed E-state index contributed by atoms with van der Waals surface area (Å²) in [6.45, 7) is 0.902. The molecule has 0 radical (unpaired) electrons. The number of benzene rings is 2. The Labute approximate surface area is 192 Å². The van der Waals surface area contributed by atoms with Gasteiger partial charge in [0.1, 0.15) is 6.61 Å². The maximum atomic E-state index is 12.5. The molecule has 2 amide bonds. The Bertz CT molecular complexity index is 1030. The molecule has 3 aliphatic rings. The number of carbonyl (C=O) groups is 3. The third-order valence-electron chi connectivity index (χ3n) is 7.25. The molecule has 5 rings (SSSR count). The fourth-order valence-corrected chi connectivity index (χ4v) is 5.41. The van der Waals surface area contributed by atoms with Gasteiger partial charge >= 0.3 is 12.1 Å².